The quantitative estimate of drug-likeness (QED) is 0.790. The number of nitrogens with zero attached hydrogens (tertiary/aromatic N) is 3. The summed E-state index contributed by atoms with van der Waals surface area (Å²) < 4.78 is 1.95. The van der Waals surface area contributed by atoms with Gasteiger partial charge in [-0.2, -0.15) is 5.10 Å². The lowest BCUT2D eigenvalue weighted by Gasteiger charge is -2.10. The molecule has 1 fully saturated rings. The van der Waals surface area contributed by atoms with Gasteiger partial charge in [0, 0.05) is 6.20 Å². The minimum atomic E-state index is -0.590. The minimum absolute atomic E-state index is 0.241. The Morgan fingerprint density at radius 1 is 1.42 bits per heavy atom. The molecule has 100 valence electrons. The number of rotatable bonds is 2. The van der Waals surface area contributed by atoms with Gasteiger partial charge in [-0.25, -0.2) is 9.67 Å². The topological polar surface area (TPSA) is 47.8 Å². The first-order chi connectivity index (χ1) is 9.09. The first-order valence-electron chi connectivity index (χ1n) is 6.32. The van der Waals surface area contributed by atoms with Gasteiger partial charge in [0.1, 0.15) is 0 Å². The molecule has 3 rings (SSSR count). The van der Waals surface area contributed by atoms with Crippen LogP contribution in [0.2, 0.25) is 5.02 Å². The standard InChI is InChI=1S/C13H13Cl2N3O/c1-7-10-11(14)9(12(15)19)6-16-13(10)18(17-7)8-4-2-3-5-8/h6,8H,2-5H2,1H3. The van der Waals surface area contributed by atoms with E-state index < -0.39 is 5.24 Å². The largest absolute Gasteiger partial charge is 0.275 e. The van der Waals surface area contributed by atoms with Crippen LogP contribution < -0.4 is 0 Å². The summed E-state index contributed by atoms with van der Waals surface area (Å²) in [5.74, 6) is 0. The number of aromatic nitrogens is 3. The molecule has 1 aliphatic carbocycles. The van der Waals surface area contributed by atoms with Crippen molar-refractivity contribution in [2.24, 2.45) is 0 Å². The van der Waals surface area contributed by atoms with E-state index in [1.165, 1.54) is 19.0 Å². The van der Waals surface area contributed by atoms with Crippen LogP contribution in [0.4, 0.5) is 0 Å². The van der Waals surface area contributed by atoms with Gasteiger partial charge in [0.05, 0.1) is 27.7 Å². The van der Waals surface area contributed by atoms with Crippen molar-refractivity contribution in [1.82, 2.24) is 14.8 Å². The molecule has 1 saturated carbocycles. The van der Waals surface area contributed by atoms with E-state index in [4.69, 9.17) is 23.2 Å². The monoisotopic (exact) mass is 297 g/mol. The van der Waals surface area contributed by atoms with E-state index >= 15 is 0 Å². The average molecular weight is 298 g/mol. The zero-order valence-electron chi connectivity index (χ0n) is 10.5. The van der Waals surface area contributed by atoms with Crippen molar-refractivity contribution in [3.8, 4) is 0 Å². The molecular weight excluding hydrogens is 285 g/mol. The number of hydrogen-bond donors (Lipinski definition) is 0. The molecule has 0 spiro atoms. The van der Waals surface area contributed by atoms with Crippen LogP contribution in [0.25, 0.3) is 11.0 Å². The van der Waals surface area contributed by atoms with Crippen molar-refractivity contribution in [1.29, 1.82) is 0 Å². The van der Waals surface area contributed by atoms with Gasteiger partial charge in [0.2, 0.25) is 0 Å². The maximum Gasteiger partial charge on any atom is 0.255 e. The Kier molecular flexibility index (Phi) is 3.23. The van der Waals surface area contributed by atoms with Crippen LogP contribution in [0.3, 0.4) is 0 Å². The molecule has 4 nitrogen and oxygen atoms in total. The summed E-state index contributed by atoms with van der Waals surface area (Å²) in [7, 11) is 0. The molecule has 6 heteroatoms. The summed E-state index contributed by atoms with van der Waals surface area (Å²) in [5.41, 5.74) is 1.78. The van der Waals surface area contributed by atoms with Crippen molar-refractivity contribution in [2.45, 2.75) is 38.6 Å². The van der Waals surface area contributed by atoms with Crippen molar-refractivity contribution in [3.63, 3.8) is 0 Å². The number of hydrogen-bond acceptors (Lipinski definition) is 3. The van der Waals surface area contributed by atoms with Crippen molar-refractivity contribution < 1.29 is 4.79 Å². The third-order valence-corrected chi connectivity index (χ3v) is 4.31. The fourth-order valence-electron chi connectivity index (χ4n) is 2.77. The second-order valence-corrected chi connectivity index (χ2v) is 5.65. The molecule has 0 atom stereocenters. The van der Waals surface area contributed by atoms with Gasteiger partial charge in [-0.15, -0.1) is 0 Å². The Morgan fingerprint density at radius 3 is 2.74 bits per heavy atom. The number of aryl methyl sites for hydroxylation is 1. The molecule has 2 heterocycles. The second-order valence-electron chi connectivity index (χ2n) is 4.93. The number of halogens is 2. The number of carbonyl (C=O) groups excluding carboxylic acids is 1. The summed E-state index contributed by atoms with van der Waals surface area (Å²) in [6, 6.07) is 0.386. The highest BCUT2D eigenvalue weighted by Gasteiger charge is 2.24. The molecule has 0 radical (unpaired) electrons. The Balaban J connectivity index is 2.23. The summed E-state index contributed by atoms with van der Waals surface area (Å²) in [6.45, 7) is 1.88. The molecule has 0 saturated heterocycles. The van der Waals surface area contributed by atoms with E-state index in [1.54, 1.807) is 0 Å². The number of fused-ring (bicyclic) bond motifs is 1. The Morgan fingerprint density at radius 2 is 2.11 bits per heavy atom. The molecule has 1 aliphatic rings. The zero-order valence-corrected chi connectivity index (χ0v) is 12.0. The third kappa shape index (κ3) is 2.03. The van der Waals surface area contributed by atoms with E-state index in [9.17, 15) is 4.79 Å². The fourth-order valence-corrected chi connectivity index (χ4v) is 3.32. The van der Waals surface area contributed by atoms with Gasteiger partial charge < -0.3 is 0 Å². The predicted molar refractivity (Wildman–Crippen MR) is 75.0 cm³/mol. The van der Waals surface area contributed by atoms with Crippen molar-refractivity contribution >= 4 is 39.5 Å². The van der Waals surface area contributed by atoms with E-state index in [0.29, 0.717) is 11.1 Å². The smallest absolute Gasteiger partial charge is 0.255 e. The lowest BCUT2D eigenvalue weighted by molar-refractivity contribution is 0.108. The summed E-state index contributed by atoms with van der Waals surface area (Å²) in [5, 5.41) is 5.05. The van der Waals surface area contributed by atoms with Gasteiger partial charge in [-0.05, 0) is 31.4 Å². The van der Waals surface area contributed by atoms with Crippen LogP contribution in [0.5, 0.6) is 0 Å². The molecule has 19 heavy (non-hydrogen) atoms. The average Bonchev–Trinajstić information content (AvgIpc) is 2.97. The molecule has 0 aromatic carbocycles. The minimum Gasteiger partial charge on any atom is -0.275 e. The third-order valence-electron chi connectivity index (χ3n) is 3.71. The van der Waals surface area contributed by atoms with Crippen molar-refractivity contribution in [3.05, 3.63) is 22.5 Å². The molecule has 0 aliphatic heterocycles. The molecule has 0 amide bonds. The highest BCUT2D eigenvalue weighted by molar-refractivity contribution is 6.69. The van der Waals surface area contributed by atoms with Gasteiger partial charge in [-0.3, -0.25) is 4.79 Å². The normalized spacial score (nSPS) is 16.4. The van der Waals surface area contributed by atoms with Crippen LogP contribution >= 0.6 is 23.2 Å². The van der Waals surface area contributed by atoms with Crippen LogP contribution in [-0.4, -0.2) is 20.0 Å². The summed E-state index contributed by atoms with van der Waals surface area (Å²) in [6.07, 6.45) is 6.11. The molecule has 0 bridgehead atoms. The summed E-state index contributed by atoms with van der Waals surface area (Å²) in [4.78, 5) is 15.6. The molecule has 0 N–H and O–H groups in total. The van der Waals surface area contributed by atoms with Gasteiger partial charge in [0.15, 0.2) is 5.65 Å². The van der Waals surface area contributed by atoms with Crippen LogP contribution in [-0.2, 0) is 0 Å². The lowest BCUT2D eigenvalue weighted by Crippen LogP contribution is -2.07. The van der Waals surface area contributed by atoms with E-state index in [0.717, 1.165) is 29.6 Å². The van der Waals surface area contributed by atoms with Crippen LogP contribution in [0, 0.1) is 6.92 Å². The molecule has 2 aromatic rings. The highest BCUT2D eigenvalue weighted by atomic mass is 35.5. The van der Waals surface area contributed by atoms with Crippen LogP contribution in [0.1, 0.15) is 47.8 Å². The first kappa shape index (κ1) is 12.9. The Labute approximate surface area is 120 Å². The zero-order chi connectivity index (χ0) is 13.6. The van der Waals surface area contributed by atoms with E-state index in [2.05, 4.69) is 10.1 Å². The SMILES string of the molecule is Cc1nn(C2CCCC2)c2ncc(C(=O)Cl)c(Cl)c12. The Bertz CT molecular complexity index is 659. The predicted octanol–water partition coefficient (Wildman–Crippen LogP) is 3.89. The van der Waals surface area contributed by atoms with E-state index in [1.807, 2.05) is 11.6 Å². The molecule has 0 unspecified atom stereocenters. The molecule has 2 aromatic heterocycles. The first-order valence-corrected chi connectivity index (χ1v) is 7.08. The number of pyridine rings is 1. The van der Waals surface area contributed by atoms with Gasteiger partial charge in [-0.1, -0.05) is 24.4 Å². The maximum absolute atomic E-state index is 11.3. The van der Waals surface area contributed by atoms with Gasteiger partial charge in [0.25, 0.3) is 5.24 Å². The second kappa shape index (κ2) is 4.76. The maximum atomic E-state index is 11.3. The lowest BCUT2D eigenvalue weighted by atomic mass is 10.2. The molecular formula is C13H13Cl2N3O. The van der Waals surface area contributed by atoms with E-state index in [-0.39, 0.29) is 5.56 Å². The summed E-state index contributed by atoms with van der Waals surface area (Å²) >= 11 is 11.8. The number of carbonyl (C=O) groups is 1. The fraction of sp³-hybridized carbons (Fsp3) is 0.462. The van der Waals surface area contributed by atoms with Gasteiger partial charge >= 0.3 is 0 Å². The van der Waals surface area contributed by atoms with Crippen molar-refractivity contribution in [2.75, 3.05) is 0 Å². The highest BCUT2D eigenvalue weighted by Crippen LogP contribution is 2.35. The Hall–Kier alpha value is -1.13. The van der Waals surface area contributed by atoms with Crippen LogP contribution in [0.15, 0.2) is 6.20 Å².